The van der Waals surface area contributed by atoms with Gasteiger partial charge in [-0.05, 0) is 25.0 Å². The summed E-state index contributed by atoms with van der Waals surface area (Å²) in [7, 11) is 0. The van der Waals surface area contributed by atoms with Gasteiger partial charge in [0.05, 0.1) is 10.2 Å². The summed E-state index contributed by atoms with van der Waals surface area (Å²) >= 11 is 1.63. The van der Waals surface area contributed by atoms with Crippen molar-refractivity contribution in [2.45, 2.75) is 39.2 Å². The van der Waals surface area contributed by atoms with Crippen LogP contribution in [0.3, 0.4) is 0 Å². The summed E-state index contributed by atoms with van der Waals surface area (Å²) in [5, 5.41) is 0.807. The largest absolute Gasteiger partial charge is 0.467 e. The highest BCUT2D eigenvalue weighted by molar-refractivity contribution is 7.20. The summed E-state index contributed by atoms with van der Waals surface area (Å²) in [6.45, 7) is 4.35. The number of fused-ring (bicyclic) bond motifs is 1. The molecule has 1 aromatic carbocycles. The van der Waals surface area contributed by atoms with Gasteiger partial charge in [0.15, 0.2) is 0 Å². The fourth-order valence-electron chi connectivity index (χ4n) is 1.71. The highest BCUT2D eigenvalue weighted by Crippen LogP contribution is 2.28. The number of ether oxygens (including phenoxy) is 1. The number of nitrogens with zero attached hydrogens (tertiary/aromatic N) is 1. The number of hydrogen-bond acceptors (Lipinski definition) is 3. The molecule has 0 saturated heterocycles. The molecule has 0 unspecified atom stereocenters. The maximum Gasteiger partial charge on any atom is 0.274 e. The van der Waals surface area contributed by atoms with Gasteiger partial charge < -0.3 is 4.74 Å². The van der Waals surface area contributed by atoms with Gasteiger partial charge in [-0.15, -0.1) is 0 Å². The van der Waals surface area contributed by atoms with Crippen LogP contribution in [-0.4, -0.2) is 11.1 Å². The number of para-hydroxylation sites is 1. The number of hydrogen-bond donors (Lipinski definition) is 0. The SMILES string of the molecule is CCC[C@H](CC)Oc1nc2ccccc2s1. The van der Waals surface area contributed by atoms with Crippen LogP contribution >= 0.6 is 11.3 Å². The van der Waals surface area contributed by atoms with Gasteiger partial charge in [0.2, 0.25) is 0 Å². The van der Waals surface area contributed by atoms with E-state index in [1.807, 2.05) is 18.2 Å². The fraction of sp³-hybridized carbons (Fsp3) is 0.462. The van der Waals surface area contributed by atoms with E-state index < -0.39 is 0 Å². The molecule has 0 radical (unpaired) electrons. The average molecular weight is 235 g/mol. The van der Waals surface area contributed by atoms with Crippen LogP contribution in [0, 0.1) is 0 Å². The van der Waals surface area contributed by atoms with Gasteiger partial charge in [0.25, 0.3) is 5.19 Å². The van der Waals surface area contributed by atoms with E-state index in [1.165, 1.54) is 4.70 Å². The minimum atomic E-state index is 0.311. The third-order valence-corrected chi connectivity index (χ3v) is 3.54. The molecular weight excluding hydrogens is 218 g/mol. The standard InChI is InChI=1S/C13H17NOS/c1-3-7-10(4-2)15-13-14-11-8-5-6-9-12(11)16-13/h5-6,8-10H,3-4,7H2,1-2H3/t10-/m0/s1. The van der Waals surface area contributed by atoms with E-state index >= 15 is 0 Å². The first-order valence-corrected chi connectivity index (χ1v) is 6.67. The molecule has 86 valence electrons. The lowest BCUT2D eigenvalue weighted by Gasteiger charge is -2.13. The van der Waals surface area contributed by atoms with Crippen molar-refractivity contribution in [2.24, 2.45) is 0 Å². The zero-order chi connectivity index (χ0) is 11.4. The van der Waals surface area contributed by atoms with Crippen molar-refractivity contribution in [1.82, 2.24) is 4.98 Å². The second kappa shape index (κ2) is 5.30. The van der Waals surface area contributed by atoms with Crippen LogP contribution < -0.4 is 4.74 Å². The Bertz CT molecular complexity index is 419. The molecule has 16 heavy (non-hydrogen) atoms. The van der Waals surface area contributed by atoms with Gasteiger partial charge in [-0.2, -0.15) is 0 Å². The maximum absolute atomic E-state index is 5.90. The molecule has 0 amide bonds. The molecule has 0 N–H and O–H groups in total. The van der Waals surface area contributed by atoms with Crippen molar-refractivity contribution in [3.05, 3.63) is 24.3 Å². The van der Waals surface area contributed by atoms with E-state index in [4.69, 9.17) is 4.74 Å². The molecule has 2 nitrogen and oxygen atoms in total. The lowest BCUT2D eigenvalue weighted by Crippen LogP contribution is -2.14. The predicted molar refractivity (Wildman–Crippen MR) is 69.2 cm³/mol. The molecule has 0 saturated carbocycles. The van der Waals surface area contributed by atoms with Gasteiger partial charge in [0.1, 0.15) is 6.10 Å². The predicted octanol–water partition coefficient (Wildman–Crippen LogP) is 4.25. The van der Waals surface area contributed by atoms with Crippen LogP contribution in [0.15, 0.2) is 24.3 Å². The van der Waals surface area contributed by atoms with Crippen LogP contribution in [0.2, 0.25) is 0 Å². The van der Waals surface area contributed by atoms with E-state index in [1.54, 1.807) is 11.3 Å². The van der Waals surface area contributed by atoms with Crippen LogP contribution in [0.25, 0.3) is 10.2 Å². The van der Waals surface area contributed by atoms with Gasteiger partial charge >= 0.3 is 0 Å². The minimum absolute atomic E-state index is 0.311. The van der Waals surface area contributed by atoms with Crippen molar-refractivity contribution in [3.8, 4) is 5.19 Å². The Balaban J connectivity index is 2.14. The van der Waals surface area contributed by atoms with E-state index in [-0.39, 0.29) is 0 Å². The Morgan fingerprint density at radius 3 is 2.81 bits per heavy atom. The Hall–Kier alpha value is -1.09. The zero-order valence-corrected chi connectivity index (χ0v) is 10.6. The molecule has 0 spiro atoms. The number of thiazole rings is 1. The smallest absolute Gasteiger partial charge is 0.274 e. The third-order valence-electron chi connectivity index (χ3n) is 2.61. The molecule has 1 aromatic heterocycles. The molecular formula is C13H17NOS. The van der Waals surface area contributed by atoms with Gasteiger partial charge in [-0.3, -0.25) is 0 Å². The summed E-state index contributed by atoms with van der Waals surface area (Å²) in [4.78, 5) is 4.48. The average Bonchev–Trinajstić information content (AvgIpc) is 2.70. The molecule has 0 aliphatic rings. The monoisotopic (exact) mass is 235 g/mol. The molecule has 0 aliphatic heterocycles. The van der Waals surface area contributed by atoms with Crippen molar-refractivity contribution in [3.63, 3.8) is 0 Å². The van der Waals surface area contributed by atoms with Crippen molar-refractivity contribution in [1.29, 1.82) is 0 Å². The highest BCUT2D eigenvalue weighted by Gasteiger charge is 2.10. The Kier molecular flexibility index (Phi) is 3.78. The highest BCUT2D eigenvalue weighted by atomic mass is 32.1. The number of aromatic nitrogens is 1. The second-order valence-corrected chi connectivity index (χ2v) is 4.88. The van der Waals surface area contributed by atoms with Crippen molar-refractivity contribution < 1.29 is 4.74 Å². The van der Waals surface area contributed by atoms with E-state index in [0.717, 1.165) is 30.0 Å². The summed E-state index contributed by atoms with van der Waals surface area (Å²) in [6, 6.07) is 8.16. The zero-order valence-electron chi connectivity index (χ0n) is 9.77. The van der Waals surface area contributed by atoms with Gasteiger partial charge in [-0.25, -0.2) is 4.98 Å². The second-order valence-electron chi connectivity index (χ2n) is 3.88. The topological polar surface area (TPSA) is 22.1 Å². The van der Waals surface area contributed by atoms with Crippen LogP contribution in [0.4, 0.5) is 0 Å². The first-order valence-electron chi connectivity index (χ1n) is 5.85. The molecule has 0 aliphatic carbocycles. The first kappa shape index (κ1) is 11.4. The van der Waals surface area contributed by atoms with Crippen LogP contribution in [0.1, 0.15) is 33.1 Å². The summed E-state index contributed by atoms with van der Waals surface area (Å²) in [5.41, 5.74) is 1.04. The van der Waals surface area contributed by atoms with Crippen LogP contribution in [-0.2, 0) is 0 Å². The number of benzene rings is 1. The molecule has 1 heterocycles. The van der Waals surface area contributed by atoms with Gasteiger partial charge in [0, 0.05) is 0 Å². The summed E-state index contributed by atoms with van der Waals surface area (Å²) in [5.74, 6) is 0. The van der Waals surface area contributed by atoms with Crippen molar-refractivity contribution >= 4 is 21.6 Å². The summed E-state index contributed by atoms with van der Waals surface area (Å²) in [6.07, 6.45) is 3.62. The van der Waals surface area contributed by atoms with Crippen LogP contribution in [0.5, 0.6) is 5.19 Å². The van der Waals surface area contributed by atoms with E-state index in [9.17, 15) is 0 Å². The third kappa shape index (κ3) is 2.53. The molecule has 3 heteroatoms. The normalized spacial score (nSPS) is 12.9. The van der Waals surface area contributed by atoms with Gasteiger partial charge in [-0.1, -0.05) is 43.7 Å². The van der Waals surface area contributed by atoms with E-state index in [0.29, 0.717) is 6.10 Å². The lowest BCUT2D eigenvalue weighted by atomic mass is 10.2. The molecule has 1 atom stereocenters. The first-order chi connectivity index (χ1) is 7.83. The fourth-order valence-corrected chi connectivity index (χ4v) is 2.59. The Morgan fingerprint density at radius 1 is 1.31 bits per heavy atom. The maximum atomic E-state index is 5.90. The molecule has 2 aromatic rings. The minimum Gasteiger partial charge on any atom is -0.467 e. The van der Waals surface area contributed by atoms with E-state index in [2.05, 4.69) is 24.9 Å². The van der Waals surface area contributed by atoms with Crippen molar-refractivity contribution in [2.75, 3.05) is 0 Å². The Morgan fingerprint density at radius 2 is 2.12 bits per heavy atom. The number of rotatable bonds is 5. The molecule has 2 rings (SSSR count). The summed E-state index contributed by atoms with van der Waals surface area (Å²) < 4.78 is 7.09. The molecule has 0 fully saturated rings. The molecule has 0 bridgehead atoms. The Labute approximate surface area is 100 Å². The lowest BCUT2D eigenvalue weighted by molar-refractivity contribution is 0.185. The quantitative estimate of drug-likeness (QED) is 0.772.